The Labute approximate surface area is 186 Å². The number of ether oxygens (including phenoxy) is 1. The molecule has 0 unspecified atom stereocenters. The van der Waals surface area contributed by atoms with Gasteiger partial charge in [-0.3, -0.25) is 4.79 Å². The largest absolute Gasteiger partial charge is 0.497 e. The number of carbonyl (C=O) groups excluding carboxylic acids is 1. The van der Waals surface area contributed by atoms with Gasteiger partial charge in [-0.2, -0.15) is 4.72 Å². The van der Waals surface area contributed by atoms with Crippen molar-refractivity contribution in [3.63, 3.8) is 0 Å². The summed E-state index contributed by atoms with van der Waals surface area (Å²) in [4.78, 5) is 16.5. The summed E-state index contributed by atoms with van der Waals surface area (Å²) in [7, 11) is -2.37. The fourth-order valence-corrected chi connectivity index (χ4v) is 5.24. The zero-order chi connectivity index (χ0) is 21.9. The van der Waals surface area contributed by atoms with Crippen molar-refractivity contribution in [2.75, 3.05) is 38.2 Å². The van der Waals surface area contributed by atoms with Crippen molar-refractivity contribution >= 4 is 44.8 Å². The minimum atomic E-state index is -3.99. The van der Waals surface area contributed by atoms with Crippen molar-refractivity contribution in [3.05, 3.63) is 52.5 Å². The Morgan fingerprint density at radius 2 is 1.70 bits per heavy atom. The van der Waals surface area contributed by atoms with Crippen LogP contribution in [0.25, 0.3) is 0 Å². The van der Waals surface area contributed by atoms with Crippen LogP contribution in [-0.4, -0.2) is 58.6 Å². The van der Waals surface area contributed by atoms with Crippen molar-refractivity contribution in [1.29, 1.82) is 0 Å². The van der Waals surface area contributed by atoms with Gasteiger partial charge in [0.15, 0.2) is 0 Å². The van der Waals surface area contributed by atoms with Crippen LogP contribution >= 0.6 is 23.2 Å². The van der Waals surface area contributed by atoms with Gasteiger partial charge in [0.05, 0.1) is 18.2 Å². The summed E-state index contributed by atoms with van der Waals surface area (Å²) in [6.45, 7) is 3.81. The van der Waals surface area contributed by atoms with Crippen molar-refractivity contribution in [2.24, 2.45) is 0 Å². The molecule has 0 saturated carbocycles. The lowest BCUT2D eigenvalue weighted by atomic mass is 10.2. The van der Waals surface area contributed by atoms with Gasteiger partial charge >= 0.3 is 0 Å². The minimum absolute atomic E-state index is 0.0413. The smallest absolute Gasteiger partial charge is 0.242 e. The molecule has 30 heavy (non-hydrogen) atoms. The fraction of sp³-hybridized carbons (Fsp3) is 0.350. The first-order chi connectivity index (χ1) is 14.2. The maximum Gasteiger partial charge on any atom is 0.242 e. The van der Waals surface area contributed by atoms with E-state index in [4.69, 9.17) is 27.9 Å². The molecule has 2 aromatic rings. The highest BCUT2D eigenvalue weighted by molar-refractivity contribution is 7.89. The van der Waals surface area contributed by atoms with E-state index in [0.29, 0.717) is 26.2 Å². The minimum Gasteiger partial charge on any atom is -0.497 e. The first-order valence-corrected chi connectivity index (χ1v) is 11.6. The molecule has 1 amide bonds. The van der Waals surface area contributed by atoms with Crippen LogP contribution in [0, 0.1) is 0 Å². The van der Waals surface area contributed by atoms with E-state index in [2.05, 4.69) is 9.62 Å². The highest BCUT2D eigenvalue weighted by atomic mass is 35.5. The third kappa shape index (κ3) is 5.18. The number of rotatable bonds is 6. The molecule has 0 spiro atoms. The van der Waals surface area contributed by atoms with E-state index in [0.717, 1.165) is 11.4 Å². The summed E-state index contributed by atoms with van der Waals surface area (Å²) in [6, 6.07) is 11.0. The van der Waals surface area contributed by atoms with Crippen LogP contribution in [0.3, 0.4) is 0 Å². The molecule has 0 radical (unpaired) electrons. The first-order valence-electron chi connectivity index (χ1n) is 9.36. The van der Waals surface area contributed by atoms with Gasteiger partial charge in [0.25, 0.3) is 0 Å². The Kier molecular flexibility index (Phi) is 7.13. The standard InChI is InChI=1S/C20H23Cl2N3O4S/c1-14(23-30(27,28)19-13-15(21)3-8-18(19)22)20(26)25-11-9-24(10-12-25)16-4-6-17(29-2)7-5-16/h3-8,13-14,23H,9-12H2,1-2H3/t14-/m1/s1. The molecule has 1 N–H and O–H groups in total. The molecule has 1 fully saturated rings. The number of amides is 1. The summed E-state index contributed by atoms with van der Waals surface area (Å²) in [5, 5.41) is 0.285. The van der Waals surface area contributed by atoms with Gasteiger partial charge in [-0.25, -0.2) is 8.42 Å². The summed E-state index contributed by atoms with van der Waals surface area (Å²) in [5.41, 5.74) is 1.05. The molecule has 7 nitrogen and oxygen atoms in total. The molecule has 0 aliphatic carbocycles. The molecule has 0 bridgehead atoms. The second-order valence-corrected chi connectivity index (χ2v) is 9.45. The van der Waals surface area contributed by atoms with Crippen LogP contribution in [-0.2, 0) is 14.8 Å². The number of sulfonamides is 1. The fourth-order valence-electron chi connectivity index (χ4n) is 3.28. The van der Waals surface area contributed by atoms with E-state index in [1.165, 1.54) is 25.1 Å². The van der Waals surface area contributed by atoms with E-state index in [-0.39, 0.29) is 20.8 Å². The zero-order valence-corrected chi connectivity index (χ0v) is 19.0. The van der Waals surface area contributed by atoms with Crippen LogP contribution in [0.4, 0.5) is 5.69 Å². The first kappa shape index (κ1) is 22.7. The number of hydrogen-bond acceptors (Lipinski definition) is 5. The summed E-state index contributed by atoms with van der Waals surface area (Å²) >= 11 is 11.9. The number of hydrogen-bond donors (Lipinski definition) is 1. The topological polar surface area (TPSA) is 79.0 Å². The number of benzene rings is 2. The lowest BCUT2D eigenvalue weighted by molar-refractivity contribution is -0.132. The Morgan fingerprint density at radius 1 is 1.07 bits per heavy atom. The van der Waals surface area contributed by atoms with E-state index >= 15 is 0 Å². The Balaban J connectivity index is 1.61. The van der Waals surface area contributed by atoms with Crippen LogP contribution in [0.15, 0.2) is 47.4 Å². The number of nitrogens with zero attached hydrogens (tertiary/aromatic N) is 2. The average Bonchev–Trinajstić information content (AvgIpc) is 2.74. The number of methoxy groups -OCH3 is 1. The van der Waals surface area contributed by atoms with Gasteiger partial charge in [-0.05, 0) is 49.4 Å². The molecular formula is C20H23Cl2N3O4S. The maximum absolute atomic E-state index is 12.8. The quantitative estimate of drug-likeness (QED) is 0.700. The van der Waals surface area contributed by atoms with E-state index < -0.39 is 16.1 Å². The molecule has 1 saturated heterocycles. The van der Waals surface area contributed by atoms with Gasteiger partial charge in [0, 0.05) is 36.9 Å². The molecule has 3 rings (SSSR count). The molecule has 2 aromatic carbocycles. The van der Waals surface area contributed by atoms with Gasteiger partial charge in [0.2, 0.25) is 15.9 Å². The van der Waals surface area contributed by atoms with Crippen LogP contribution in [0.2, 0.25) is 10.0 Å². The molecule has 10 heteroatoms. The van der Waals surface area contributed by atoms with Crippen molar-refractivity contribution < 1.29 is 17.9 Å². The second kappa shape index (κ2) is 9.43. The van der Waals surface area contributed by atoms with Crippen molar-refractivity contribution in [1.82, 2.24) is 9.62 Å². The second-order valence-electron chi connectivity index (χ2n) is 6.93. The molecular weight excluding hydrogens is 449 g/mol. The molecule has 1 aliphatic heterocycles. The zero-order valence-electron chi connectivity index (χ0n) is 16.6. The molecule has 1 heterocycles. The molecule has 1 atom stereocenters. The number of nitrogens with one attached hydrogen (secondary N) is 1. The highest BCUT2D eigenvalue weighted by Crippen LogP contribution is 2.25. The van der Waals surface area contributed by atoms with Gasteiger partial charge in [-0.1, -0.05) is 23.2 Å². The van der Waals surface area contributed by atoms with E-state index in [9.17, 15) is 13.2 Å². The Bertz CT molecular complexity index is 1010. The summed E-state index contributed by atoms with van der Waals surface area (Å²) in [5.74, 6) is 0.500. The average molecular weight is 472 g/mol. The number of carbonyl (C=O) groups is 1. The Hall–Kier alpha value is -2.00. The van der Waals surface area contributed by atoms with E-state index in [1.54, 1.807) is 12.0 Å². The van der Waals surface area contributed by atoms with Gasteiger partial charge in [0.1, 0.15) is 10.6 Å². The van der Waals surface area contributed by atoms with Crippen molar-refractivity contribution in [3.8, 4) is 5.75 Å². The normalized spacial score (nSPS) is 15.7. The van der Waals surface area contributed by atoms with Crippen LogP contribution in [0.5, 0.6) is 5.75 Å². The lowest BCUT2D eigenvalue weighted by Crippen LogP contribution is -2.54. The predicted molar refractivity (Wildman–Crippen MR) is 118 cm³/mol. The third-order valence-electron chi connectivity index (χ3n) is 4.91. The van der Waals surface area contributed by atoms with E-state index in [1.807, 2.05) is 24.3 Å². The third-order valence-corrected chi connectivity index (χ3v) is 7.17. The summed E-state index contributed by atoms with van der Waals surface area (Å²) in [6.07, 6.45) is 0. The molecule has 162 valence electrons. The monoisotopic (exact) mass is 471 g/mol. The Morgan fingerprint density at radius 3 is 2.30 bits per heavy atom. The van der Waals surface area contributed by atoms with Gasteiger partial charge < -0.3 is 14.5 Å². The number of halogens is 2. The van der Waals surface area contributed by atoms with Gasteiger partial charge in [-0.15, -0.1) is 0 Å². The van der Waals surface area contributed by atoms with Crippen LogP contribution < -0.4 is 14.4 Å². The lowest BCUT2D eigenvalue weighted by Gasteiger charge is -2.37. The maximum atomic E-state index is 12.8. The van der Waals surface area contributed by atoms with Crippen LogP contribution in [0.1, 0.15) is 6.92 Å². The highest BCUT2D eigenvalue weighted by Gasteiger charge is 2.29. The number of piperazine rings is 1. The number of anilines is 1. The SMILES string of the molecule is COc1ccc(N2CCN(C(=O)[C@@H](C)NS(=O)(=O)c3cc(Cl)ccc3Cl)CC2)cc1. The molecule has 0 aromatic heterocycles. The summed E-state index contributed by atoms with van der Waals surface area (Å²) < 4.78 is 32.9. The van der Waals surface area contributed by atoms with Crippen molar-refractivity contribution in [2.45, 2.75) is 17.9 Å². The predicted octanol–water partition coefficient (Wildman–Crippen LogP) is 3.02. The molecule has 1 aliphatic rings.